The molecule has 0 aromatic heterocycles. The molecule has 8 heteroatoms. The predicted molar refractivity (Wildman–Crippen MR) is 125 cm³/mol. The zero-order valence-corrected chi connectivity index (χ0v) is 21.3. The molecule has 0 spiro atoms. The smallest absolute Gasteiger partial charge is 0.314 e. The van der Waals surface area contributed by atoms with Crippen LogP contribution in [0.3, 0.4) is 0 Å². The van der Waals surface area contributed by atoms with Crippen LogP contribution in [0, 0.1) is 0 Å². The van der Waals surface area contributed by atoms with Crippen LogP contribution in [0.25, 0.3) is 0 Å². The van der Waals surface area contributed by atoms with Crippen molar-refractivity contribution >= 4 is 6.03 Å². The molecule has 0 fully saturated rings. The van der Waals surface area contributed by atoms with Gasteiger partial charge in [-0.05, 0) is 67.2 Å². The fraction of sp³-hybridized carbons (Fsp3) is 0.957. The molecule has 0 aliphatic heterocycles. The van der Waals surface area contributed by atoms with Crippen LogP contribution in [-0.2, 0) is 18.9 Å². The molecule has 186 valence electrons. The van der Waals surface area contributed by atoms with E-state index in [0.29, 0.717) is 39.5 Å². The Hall–Kier alpha value is -0.930. The van der Waals surface area contributed by atoms with Crippen molar-refractivity contribution < 1.29 is 23.7 Å². The van der Waals surface area contributed by atoms with Crippen LogP contribution in [0.15, 0.2) is 0 Å². The number of nitrogens with one attached hydrogen (secondary N) is 2. The number of ether oxygens (including phenoxy) is 4. The first-order valence-electron chi connectivity index (χ1n) is 11.5. The molecule has 2 amide bonds. The highest BCUT2D eigenvalue weighted by Gasteiger charge is 2.22. The first-order chi connectivity index (χ1) is 14.3. The minimum absolute atomic E-state index is 0.0401. The second-order valence-corrected chi connectivity index (χ2v) is 9.83. The van der Waals surface area contributed by atoms with Crippen molar-refractivity contribution in [3.63, 3.8) is 0 Å². The number of carbonyl (C=O) groups excluding carboxylic acids is 1. The van der Waals surface area contributed by atoms with Crippen LogP contribution in [0.1, 0.15) is 74.1 Å². The summed E-state index contributed by atoms with van der Waals surface area (Å²) in [6, 6.07) is -0.173. The lowest BCUT2D eigenvalue weighted by molar-refractivity contribution is -0.0999. The summed E-state index contributed by atoms with van der Waals surface area (Å²) in [4.78, 5) is 12.0. The molecule has 0 aliphatic carbocycles. The molecule has 0 rings (SSSR count). The average Bonchev–Trinajstić information content (AvgIpc) is 2.64. The first kappa shape index (κ1) is 30.1. The molecule has 0 radical (unpaired) electrons. The molecule has 0 saturated heterocycles. The quantitative estimate of drug-likeness (QED) is 0.279. The second kappa shape index (κ2) is 15.0. The summed E-state index contributed by atoms with van der Waals surface area (Å²) >= 11 is 0. The molecule has 0 aliphatic rings. The highest BCUT2D eigenvalue weighted by Crippen LogP contribution is 2.16. The molecule has 0 saturated carbocycles. The van der Waals surface area contributed by atoms with Crippen LogP contribution >= 0.6 is 0 Å². The summed E-state index contributed by atoms with van der Waals surface area (Å²) in [5.41, 5.74) is 5.16. The maximum absolute atomic E-state index is 12.0. The maximum atomic E-state index is 12.0. The summed E-state index contributed by atoms with van der Waals surface area (Å²) in [5.74, 6) is 0. The topological polar surface area (TPSA) is 104 Å². The van der Waals surface area contributed by atoms with Crippen LogP contribution in [0.5, 0.6) is 0 Å². The zero-order chi connectivity index (χ0) is 24.0. The molecule has 8 nitrogen and oxygen atoms in total. The lowest BCUT2D eigenvalue weighted by Gasteiger charge is -2.28. The fourth-order valence-corrected chi connectivity index (χ4v) is 2.76. The van der Waals surface area contributed by atoms with Crippen LogP contribution < -0.4 is 16.4 Å². The third-order valence-electron chi connectivity index (χ3n) is 5.22. The molecule has 0 aromatic carbocycles. The van der Waals surface area contributed by atoms with Gasteiger partial charge in [-0.25, -0.2) is 4.79 Å². The number of urea groups is 1. The van der Waals surface area contributed by atoms with Gasteiger partial charge >= 0.3 is 6.03 Å². The molecular weight excluding hydrogens is 398 g/mol. The van der Waals surface area contributed by atoms with Crippen molar-refractivity contribution in [1.29, 1.82) is 0 Å². The van der Waals surface area contributed by atoms with Gasteiger partial charge in [-0.3, -0.25) is 0 Å². The first-order valence-corrected chi connectivity index (χ1v) is 11.5. The van der Waals surface area contributed by atoms with E-state index in [1.54, 1.807) is 7.11 Å². The molecule has 0 bridgehead atoms. The molecule has 0 aromatic rings. The summed E-state index contributed by atoms with van der Waals surface area (Å²) in [7, 11) is 1.68. The van der Waals surface area contributed by atoms with E-state index >= 15 is 0 Å². The van der Waals surface area contributed by atoms with Gasteiger partial charge in [0.05, 0.1) is 37.1 Å². The number of carbonyl (C=O) groups is 1. The Morgan fingerprint density at radius 3 is 2.19 bits per heavy atom. The molecular formula is C23H49N3O5. The Balaban J connectivity index is 3.84. The number of rotatable bonds is 18. The van der Waals surface area contributed by atoms with Crippen molar-refractivity contribution in [3.05, 3.63) is 0 Å². The van der Waals surface area contributed by atoms with Gasteiger partial charge < -0.3 is 35.3 Å². The standard InChI is InChI=1S/C23H49N3O5/c1-9-23(7,18-28-8)31-17-16-29-19(2)10-13-25-20(27)26-14-11-22(5,6)30-15-12-21(3,4)24/h19H,9-18,24H2,1-8H3,(H2,25,26,27). The van der Waals surface area contributed by atoms with Gasteiger partial charge in [-0.2, -0.15) is 0 Å². The van der Waals surface area contributed by atoms with Crippen molar-refractivity contribution in [2.24, 2.45) is 5.73 Å². The largest absolute Gasteiger partial charge is 0.382 e. The van der Waals surface area contributed by atoms with E-state index in [1.165, 1.54) is 0 Å². The van der Waals surface area contributed by atoms with Gasteiger partial charge in [-0.1, -0.05) is 6.92 Å². The molecule has 0 heterocycles. The number of nitrogens with two attached hydrogens (primary N) is 1. The summed E-state index contributed by atoms with van der Waals surface area (Å²) in [5, 5.41) is 5.75. The van der Waals surface area contributed by atoms with E-state index < -0.39 is 0 Å². The lowest BCUT2D eigenvalue weighted by atomic mass is 10.0. The van der Waals surface area contributed by atoms with E-state index in [0.717, 1.165) is 25.7 Å². The number of methoxy groups -OCH3 is 1. The predicted octanol–water partition coefficient (Wildman–Crippen LogP) is 3.23. The Kier molecular flexibility index (Phi) is 14.6. The third kappa shape index (κ3) is 17.3. The normalized spacial score (nSPS) is 15.4. The summed E-state index contributed by atoms with van der Waals surface area (Å²) in [6.07, 6.45) is 3.18. The highest BCUT2D eigenvalue weighted by atomic mass is 16.6. The van der Waals surface area contributed by atoms with E-state index in [4.69, 9.17) is 24.7 Å². The Bertz CT molecular complexity index is 482. The number of hydrogen-bond acceptors (Lipinski definition) is 6. The summed E-state index contributed by atoms with van der Waals surface area (Å²) < 4.78 is 22.8. The Labute approximate surface area is 190 Å². The Morgan fingerprint density at radius 2 is 1.61 bits per heavy atom. The second-order valence-electron chi connectivity index (χ2n) is 9.83. The van der Waals surface area contributed by atoms with E-state index in [2.05, 4.69) is 17.6 Å². The Morgan fingerprint density at radius 1 is 0.968 bits per heavy atom. The van der Waals surface area contributed by atoms with Gasteiger partial charge in [0.15, 0.2) is 0 Å². The van der Waals surface area contributed by atoms with Gasteiger partial charge in [0.2, 0.25) is 0 Å². The molecule has 31 heavy (non-hydrogen) atoms. The van der Waals surface area contributed by atoms with Crippen molar-refractivity contribution in [1.82, 2.24) is 10.6 Å². The highest BCUT2D eigenvalue weighted by molar-refractivity contribution is 5.73. The third-order valence-corrected chi connectivity index (χ3v) is 5.22. The monoisotopic (exact) mass is 447 g/mol. The summed E-state index contributed by atoms with van der Waals surface area (Å²) in [6.45, 7) is 17.4. The van der Waals surface area contributed by atoms with Gasteiger partial charge in [0.1, 0.15) is 0 Å². The zero-order valence-electron chi connectivity index (χ0n) is 21.3. The maximum Gasteiger partial charge on any atom is 0.314 e. The fourth-order valence-electron chi connectivity index (χ4n) is 2.76. The average molecular weight is 448 g/mol. The minimum Gasteiger partial charge on any atom is -0.382 e. The molecule has 2 atom stereocenters. The van der Waals surface area contributed by atoms with Gasteiger partial charge in [0.25, 0.3) is 0 Å². The van der Waals surface area contributed by atoms with E-state index in [9.17, 15) is 4.79 Å². The van der Waals surface area contributed by atoms with Crippen molar-refractivity contribution in [2.45, 2.75) is 97.0 Å². The molecule has 2 unspecified atom stereocenters. The van der Waals surface area contributed by atoms with Gasteiger partial charge in [-0.15, -0.1) is 0 Å². The molecule has 4 N–H and O–H groups in total. The van der Waals surface area contributed by atoms with E-state index in [-0.39, 0.29) is 28.9 Å². The van der Waals surface area contributed by atoms with Crippen molar-refractivity contribution in [2.75, 3.05) is 46.6 Å². The van der Waals surface area contributed by atoms with Crippen LogP contribution in [0.2, 0.25) is 0 Å². The van der Waals surface area contributed by atoms with Crippen LogP contribution in [0.4, 0.5) is 4.79 Å². The minimum atomic E-state index is -0.305. The lowest BCUT2D eigenvalue weighted by Crippen LogP contribution is -2.40. The van der Waals surface area contributed by atoms with Crippen molar-refractivity contribution in [3.8, 4) is 0 Å². The number of amides is 2. The number of hydrogen-bond donors (Lipinski definition) is 3. The van der Waals surface area contributed by atoms with E-state index in [1.807, 2.05) is 41.5 Å². The SMILES string of the molecule is CCC(C)(COC)OCCOC(C)CCNC(=O)NCCC(C)(C)OCCC(C)(C)N. The van der Waals surface area contributed by atoms with Gasteiger partial charge in [0, 0.05) is 32.3 Å². The van der Waals surface area contributed by atoms with Crippen LogP contribution in [-0.4, -0.2) is 75.5 Å².